The molecule has 24 nitrogen and oxygen atoms in total. The van der Waals surface area contributed by atoms with Crippen molar-refractivity contribution in [1.82, 2.24) is 10.6 Å². The molecule has 2 amide bonds. The quantitative estimate of drug-likeness (QED) is 0.0412. The number of hydrogen-bond donors (Lipinski definition) is 5. The van der Waals surface area contributed by atoms with Gasteiger partial charge in [-0.3, -0.25) is 9.59 Å². The Hall–Kier alpha value is -1.86. The van der Waals surface area contributed by atoms with Crippen molar-refractivity contribution in [2.24, 2.45) is 5.92 Å². The van der Waals surface area contributed by atoms with Crippen LogP contribution < -0.4 is 10.6 Å². The van der Waals surface area contributed by atoms with Crippen LogP contribution in [0.15, 0.2) is 0 Å². The minimum absolute atomic E-state index is 0.00439. The normalized spacial score (nSPS) is 29.3. The van der Waals surface area contributed by atoms with Crippen LogP contribution >= 0.6 is 0 Å². The molecule has 0 radical (unpaired) electrons. The summed E-state index contributed by atoms with van der Waals surface area (Å²) in [5.74, 6) is -1.89. The van der Waals surface area contributed by atoms with Crippen LogP contribution in [0.2, 0.25) is 0 Å². The Kier molecular flexibility index (Phi) is 30.8. The first kappa shape index (κ1) is 61.3. The molecular weight excluding hydrogens is 896 g/mol. The Labute approximate surface area is 395 Å². The average Bonchev–Trinajstić information content (AvgIpc) is 3.33. The zero-order valence-corrected chi connectivity index (χ0v) is 41.6. The van der Waals surface area contributed by atoms with Gasteiger partial charge in [0.25, 0.3) is 11.8 Å². The van der Waals surface area contributed by atoms with Crippen molar-refractivity contribution >= 4 is 11.8 Å². The van der Waals surface area contributed by atoms with Gasteiger partial charge < -0.3 is 106 Å². The third-order valence-electron chi connectivity index (χ3n) is 12.1. The SMILES string of the molecule is COCC(CO)[C@@H](O[C@@H]1OC(CCO)[C@@H](OC)C(OC)C1OC)C(OC)[C@@H](OC)C(=O)NCCCNC(=O)[C@@H](OC)[C@H](OC)[C@@H](O[C@H]1O[C@@H](COC)[C@H](OC)C(OC)C1OC)C(CCO)OC. The van der Waals surface area contributed by atoms with E-state index in [1.165, 1.54) is 92.4 Å². The molecule has 0 aliphatic carbocycles. The molecule has 0 saturated carbocycles. The number of ether oxygens (including phenoxy) is 17. The number of aliphatic hydroxyl groups is 3. The van der Waals surface area contributed by atoms with Gasteiger partial charge in [-0.25, -0.2) is 0 Å². The predicted molar refractivity (Wildman–Crippen MR) is 234 cm³/mol. The number of aliphatic hydroxyl groups excluding tert-OH is 3. The number of hydrogen-bond acceptors (Lipinski definition) is 22. The molecule has 2 heterocycles. The molecule has 24 heteroatoms. The molecule has 2 rings (SSSR count). The minimum atomic E-state index is -1.28. The summed E-state index contributed by atoms with van der Waals surface area (Å²) in [6.07, 6.45) is -15.0. The van der Waals surface area contributed by atoms with Crippen molar-refractivity contribution in [1.29, 1.82) is 0 Å². The number of nitrogens with one attached hydrogen (secondary N) is 2. The monoisotopic (exact) mass is 979 g/mol. The molecule has 2 aliphatic heterocycles. The summed E-state index contributed by atoms with van der Waals surface area (Å²) in [6, 6.07) is 0. The van der Waals surface area contributed by atoms with Crippen LogP contribution in [0.1, 0.15) is 19.3 Å². The standard InChI is InChI=1S/C43H82N2O22/c1-51-22-24(21-48)28(66-42-38(62-12)33(57-7)29(54-4)26(64-42)16-20-47)32(56-6)36(60-10)40(49)44-17-14-18-45-41(50)37(61-11)35(59-9)31(25(53-3)15-19-46)67-43-39(63-13)34(58-8)30(55-5)27(65-43)23-52-2/h24-39,42-43,46-48H,14-23H2,1-13H3,(H,44,49)(H,45,50)/t24?,25?,26?,27-,28+,29+,30-,31-,32?,33?,34?,35+,36+,37-,38?,39?,42-,43+/m0/s1. The van der Waals surface area contributed by atoms with Crippen LogP contribution in [0.4, 0.5) is 0 Å². The number of carbonyl (C=O) groups is 2. The van der Waals surface area contributed by atoms with Crippen molar-refractivity contribution in [3.05, 3.63) is 0 Å². The fourth-order valence-electron chi connectivity index (χ4n) is 8.74. The molecule has 0 aromatic rings. The lowest BCUT2D eigenvalue weighted by Gasteiger charge is -2.47. The fraction of sp³-hybridized carbons (Fsp3) is 0.953. The van der Waals surface area contributed by atoms with Gasteiger partial charge in [-0.15, -0.1) is 0 Å². The second-order valence-corrected chi connectivity index (χ2v) is 15.8. The molecule has 0 aromatic heterocycles. The first-order valence-electron chi connectivity index (χ1n) is 22.2. The third kappa shape index (κ3) is 16.6. The van der Waals surface area contributed by atoms with Crippen molar-refractivity contribution in [2.75, 3.05) is 139 Å². The molecule has 396 valence electrons. The Balaban J connectivity index is 2.26. The molecular formula is C43H82N2O22. The lowest BCUT2D eigenvalue weighted by Crippen LogP contribution is -2.63. The predicted octanol–water partition coefficient (Wildman–Crippen LogP) is -2.34. The van der Waals surface area contributed by atoms with Crippen molar-refractivity contribution in [2.45, 2.75) is 123 Å². The highest BCUT2D eigenvalue weighted by Crippen LogP contribution is 2.34. The number of amides is 2. The smallest absolute Gasteiger partial charge is 0.251 e. The molecule has 0 spiro atoms. The Morgan fingerprint density at radius 1 is 0.522 bits per heavy atom. The maximum absolute atomic E-state index is 13.8. The van der Waals surface area contributed by atoms with E-state index in [4.69, 9.17) is 80.5 Å². The molecule has 8 unspecified atom stereocenters. The highest BCUT2D eigenvalue weighted by Gasteiger charge is 2.52. The van der Waals surface area contributed by atoms with E-state index < -0.39 is 128 Å². The maximum atomic E-state index is 13.8. The Morgan fingerprint density at radius 2 is 0.985 bits per heavy atom. The zero-order valence-electron chi connectivity index (χ0n) is 41.6. The summed E-state index contributed by atoms with van der Waals surface area (Å²) in [5, 5.41) is 36.0. The second kappa shape index (κ2) is 33.7. The third-order valence-corrected chi connectivity index (χ3v) is 12.1. The van der Waals surface area contributed by atoms with Crippen molar-refractivity contribution in [3.8, 4) is 0 Å². The van der Waals surface area contributed by atoms with Gasteiger partial charge >= 0.3 is 0 Å². The molecule has 2 fully saturated rings. The molecule has 67 heavy (non-hydrogen) atoms. The average molecular weight is 979 g/mol. The van der Waals surface area contributed by atoms with Crippen LogP contribution in [0.25, 0.3) is 0 Å². The van der Waals surface area contributed by atoms with E-state index >= 15 is 0 Å². The van der Waals surface area contributed by atoms with E-state index in [-0.39, 0.29) is 58.8 Å². The molecule has 0 aromatic carbocycles. The van der Waals surface area contributed by atoms with Gasteiger partial charge in [0.2, 0.25) is 0 Å². The first-order chi connectivity index (χ1) is 32.4. The maximum Gasteiger partial charge on any atom is 0.251 e. The molecule has 2 saturated heterocycles. The van der Waals surface area contributed by atoms with Crippen LogP contribution in [0, 0.1) is 5.92 Å². The van der Waals surface area contributed by atoms with Gasteiger partial charge in [-0.1, -0.05) is 0 Å². The largest absolute Gasteiger partial charge is 0.396 e. The van der Waals surface area contributed by atoms with Gasteiger partial charge in [-0.2, -0.15) is 0 Å². The first-order valence-corrected chi connectivity index (χ1v) is 22.2. The lowest BCUT2D eigenvalue weighted by molar-refractivity contribution is -0.337. The van der Waals surface area contributed by atoms with E-state index in [0.717, 1.165) is 0 Å². The van der Waals surface area contributed by atoms with Gasteiger partial charge in [0, 0.05) is 125 Å². The Morgan fingerprint density at radius 3 is 1.37 bits per heavy atom. The molecule has 2 aliphatic rings. The molecule has 0 bridgehead atoms. The number of rotatable bonds is 36. The molecule has 18 atom stereocenters. The number of methoxy groups -OCH3 is 13. The van der Waals surface area contributed by atoms with Gasteiger partial charge in [0.15, 0.2) is 24.8 Å². The van der Waals surface area contributed by atoms with Crippen LogP contribution in [-0.2, 0) is 90.1 Å². The van der Waals surface area contributed by atoms with E-state index in [1.54, 1.807) is 0 Å². The van der Waals surface area contributed by atoms with Crippen LogP contribution in [-0.4, -0.2) is 270 Å². The van der Waals surface area contributed by atoms with Crippen molar-refractivity contribution < 1.29 is 105 Å². The van der Waals surface area contributed by atoms with E-state index in [1.807, 2.05) is 0 Å². The summed E-state index contributed by atoms with van der Waals surface area (Å²) in [4.78, 5) is 27.7. The fourth-order valence-corrected chi connectivity index (χ4v) is 8.74. The minimum Gasteiger partial charge on any atom is -0.396 e. The van der Waals surface area contributed by atoms with Gasteiger partial charge in [0.05, 0.1) is 38.1 Å². The Bertz CT molecular complexity index is 1220. The summed E-state index contributed by atoms with van der Waals surface area (Å²) in [7, 11) is 18.8. The van der Waals surface area contributed by atoms with Crippen molar-refractivity contribution in [3.63, 3.8) is 0 Å². The van der Waals surface area contributed by atoms with E-state index in [2.05, 4.69) is 10.6 Å². The van der Waals surface area contributed by atoms with E-state index in [9.17, 15) is 24.9 Å². The summed E-state index contributed by atoms with van der Waals surface area (Å²) in [6.45, 7) is -0.608. The van der Waals surface area contributed by atoms with Crippen LogP contribution in [0.3, 0.4) is 0 Å². The topological polar surface area (TPSA) is 276 Å². The highest BCUT2D eigenvalue weighted by molar-refractivity contribution is 5.82. The summed E-state index contributed by atoms with van der Waals surface area (Å²) in [5.41, 5.74) is 0. The highest BCUT2D eigenvalue weighted by atomic mass is 16.7. The molecule has 5 N–H and O–H groups in total. The van der Waals surface area contributed by atoms with Gasteiger partial charge in [-0.05, 0) is 19.3 Å². The number of carbonyl (C=O) groups excluding carboxylic acids is 2. The van der Waals surface area contributed by atoms with Gasteiger partial charge in [0.1, 0.15) is 61.0 Å². The summed E-state index contributed by atoms with van der Waals surface area (Å²) < 4.78 is 99.9. The zero-order chi connectivity index (χ0) is 50.1. The lowest BCUT2D eigenvalue weighted by atomic mass is 9.93. The van der Waals surface area contributed by atoms with E-state index in [0.29, 0.717) is 0 Å². The summed E-state index contributed by atoms with van der Waals surface area (Å²) >= 11 is 0. The second-order valence-electron chi connectivity index (χ2n) is 15.8. The van der Waals surface area contributed by atoms with Crippen LogP contribution in [0.5, 0.6) is 0 Å².